The summed E-state index contributed by atoms with van der Waals surface area (Å²) in [5.74, 6) is 0. The van der Waals surface area contributed by atoms with E-state index in [1.54, 1.807) is 0 Å². The molecule has 0 aliphatic heterocycles. The molecule has 0 aromatic carbocycles. The van der Waals surface area contributed by atoms with Crippen LogP contribution in [0.4, 0.5) is 0 Å². The summed E-state index contributed by atoms with van der Waals surface area (Å²) in [6.07, 6.45) is 23.5. The number of allylic oxidation sites excluding steroid dienone is 1. The quantitative estimate of drug-likeness (QED) is 0.206. The van der Waals surface area contributed by atoms with Crippen molar-refractivity contribution in [3.8, 4) is 0 Å². The molecule has 0 N–H and O–H groups in total. The molecule has 144 valence electrons. The second-order valence-corrected chi connectivity index (χ2v) is 8.21. The van der Waals surface area contributed by atoms with E-state index in [0.29, 0.717) is 6.42 Å². The molecule has 0 aromatic heterocycles. The molecule has 0 amide bonds. The Hall–Kier alpha value is 0.650. The summed E-state index contributed by atoms with van der Waals surface area (Å²) >= 11 is 0. The van der Waals surface area contributed by atoms with E-state index in [1.165, 1.54) is 96.0 Å². The van der Waals surface area contributed by atoms with E-state index in [9.17, 15) is 13.0 Å². The summed E-state index contributed by atoms with van der Waals surface area (Å²) in [6, 6.07) is 0. The van der Waals surface area contributed by atoms with Crippen LogP contribution in [0.5, 0.6) is 0 Å². The fourth-order valence-electron chi connectivity index (χ4n) is 3.00. The first-order valence-corrected chi connectivity index (χ1v) is 11.7. The van der Waals surface area contributed by atoms with E-state index < -0.39 is 10.1 Å². The van der Waals surface area contributed by atoms with Gasteiger partial charge in [-0.3, -0.25) is 0 Å². The topological polar surface area (TPSA) is 57.2 Å². The fraction of sp³-hybridized carbons (Fsp3) is 0.900. The van der Waals surface area contributed by atoms with Crippen LogP contribution in [-0.4, -0.2) is 13.0 Å². The van der Waals surface area contributed by atoms with Gasteiger partial charge >= 0.3 is 29.6 Å². The fourth-order valence-corrected chi connectivity index (χ4v) is 3.37. The van der Waals surface area contributed by atoms with E-state index in [-0.39, 0.29) is 29.6 Å². The molecule has 0 unspecified atom stereocenters. The molecule has 0 atom stereocenters. The van der Waals surface area contributed by atoms with Crippen molar-refractivity contribution in [3.05, 3.63) is 11.5 Å². The summed E-state index contributed by atoms with van der Waals surface area (Å²) in [6.45, 7) is 2.27. The minimum atomic E-state index is -4.18. The van der Waals surface area contributed by atoms with Gasteiger partial charge in [-0.25, -0.2) is 8.42 Å². The molecule has 0 aliphatic rings. The van der Waals surface area contributed by atoms with Crippen LogP contribution in [0.3, 0.4) is 0 Å². The smallest absolute Gasteiger partial charge is 0.744 e. The molecule has 0 rings (SSSR count). The SMILES string of the molecule is CCCCCCCCCCCCCCCCCCC=CS(=O)(=O)[O-].[Na+]. The Balaban J connectivity index is 0. The minimum Gasteiger partial charge on any atom is -0.744 e. The molecule has 0 aliphatic carbocycles. The van der Waals surface area contributed by atoms with Crippen molar-refractivity contribution in [1.82, 2.24) is 0 Å². The van der Waals surface area contributed by atoms with Crippen LogP contribution in [0.1, 0.15) is 116 Å². The van der Waals surface area contributed by atoms with Gasteiger partial charge in [-0.2, -0.15) is 0 Å². The Morgan fingerprint density at radius 3 is 1.28 bits per heavy atom. The molecule has 0 saturated carbocycles. The first-order chi connectivity index (χ1) is 11.6. The largest absolute Gasteiger partial charge is 1.00 e. The van der Waals surface area contributed by atoms with Crippen molar-refractivity contribution in [3.63, 3.8) is 0 Å². The molecule has 0 saturated heterocycles. The zero-order chi connectivity index (χ0) is 17.9. The molecule has 0 spiro atoms. The van der Waals surface area contributed by atoms with Crippen LogP contribution in [0.15, 0.2) is 11.5 Å². The third-order valence-electron chi connectivity index (χ3n) is 4.49. The molecular formula is C20H39NaO3S. The minimum absolute atomic E-state index is 0. The third-order valence-corrected chi connectivity index (χ3v) is 5.01. The molecule has 0 heterocycles. The van der Waals surface area contributed by atoms with E-state index in [2.05, 4.69) is 6.92 Å². The summed E-state index contributed by atoms with van der Waals surface area (Å²) in [5, 5.41) is 0.776. The van der Waals surface area contributed by atoms with Gasteiger partial charge in [0.2, 0.25) is 0 Å². The van der Waals surface area contributed by atoms with Crippen molar-refractivity contribution >= 4 is 10.1 Å². The number of rotatable bonds is 18. The maximum atomic E-state index is 10.4. The number of hydrogen-bond acceptors (Lipinski definition) is 3. The molecule has 0 bridgehead atoms. The summed E-state index contributed by atoms with van der Waals surface area (Å²) in [4.78, 5) is 0. The second kappa shape index (κ2) is 21.0. The maximum absolute atomic E-state index is 10.4. The molecule has 0 radical (unpaired) electrons. The molecule has 5 heteroatoms. The Bertz CT molecular complexity index is 380. The predicted octanol–water partition coefficient (Wildman–Crippen LogP) is 3.70. The number of unbranched alkanes of at least 4 members (excludes halogenated alkanes) is 16. The van der Waals surface area contributed by atoms with Crippen molar-refractivity contribution in [2.75, 3.05) is 0 Å². The summed E-state index contributed by atoms with van der Waals surface area (Å²) in [5.41, 5.74) is 0. The van der Waals surface area contributed by atoms with Gasteiger partial charge in [-0.15, -0.1) is 0 Å². The molecule has 3 nitrogen and oxygen atoms in total. The van der Waals surface area contributed by atoms with Gasteiger partial charge in [0.05, 0.1) is 0 Å². The second-order valence-electron chi connectivity index (χ2n) is 6.96. The Labute approximate surface area is 179 Å². The van der Waals surface area contributed by atoms with E-state index in [4.69, 9.17) is 0 Å². The standard InChI is InChI=1S/C20H40O3S.Na/c1-2-3-4-5-6-7-8-9-10-11-12-13-14-15-16-17-18-19-20-24(21,22)23;/h19-20H,2-18H2,1H3,(H,21,22,23);/q;+1/p-1. The Morgan fingerprint density at radius 1 is 0.640 bits per heavy atom. The van der Waals surface area contributed by atoms with Crippen LogP contribution in [0.25, 0.3) is 0 Å². The van der Waals surface area contributed by atoms with Crippen molar-refractivity contribution in [2.45, 2.75) is 116 Å². The van der Waals surface area contributed by atoms with Crippen LogP contribution in [0, 0.1) is 0 Å². The van der Waals surface area contributed by atoms with Crippen LogP contribution >= 0.6 is 0 Å². The van der Waals surface area contributed by atoms with E-state index in [1.807, 2.05) is 0 Å². The summed E-state index contributed by atoms with van der Waals surface area (Å²) < 4.78 is 31.1. The van der Waals surface area contributed by atoms with Crippen LogP contribution < -0.4 is 29.6 Å². The van der Waals surface area contributed by atoms with Gasteiger partial charge in [0.1, 0.15) is 10.1 Å². The first kappa shape index (κ1) is 27.9. The first-order valence-electron chi connectivity index (χ1n) is 10.2. The average Bonchev–Trinajstić information content (AvgIpc) is 2.52. The van der Waals surface area contributed by atoms with Crippen molar-refractivity contribution in [1.29, 1.82) is 0 Å². The Kier molecular flexibility index (Phi) is 23.4. The monoisotopic (exact) mass is 382 g/mol. The zero-order valence-electron chi connectivity index (χ0n) is 16.8. The third kappa shape index (κ3) is 27.0. The van der Waals surface area contributed by atoms with Crippen molar-refractivity contribution in [2.24, 2.45) is 0 Å². The van der Waals surface area contributed by atoms with Gasteiger partial charge in [0.15, 0.2) is 0 Å². The molecule has 0 fully saturated rings. The summed E-state index contributed by atoms with van der Waals surface area (Å²) in [7, 11) is -4.18. The maximum Gasteiger partial charge on any atom is 1.00 e. The van der Waals surface area contributed by atoms with Crippen LogP contribution in [-0.2, 0) is 10.1 Å². The molecular weight excluding hydrogens is 343 g/mol. The van der Waals surface area contributed by atoms with Gasteiger partial charge < -0.3 is 4.55 Å². The average molecular weight is 383 g/mol. The number of hydrogen-bond donors (Lipinski definition) is 0. The van der Waals surface area contributed by atoms with Gasteiger partial charge in [0, 0.05) is 5.41 Å². The van der Waals surface area contributed by atoms with E-state index >= 15 is 0 Å². The normalized spacial score (nSPS) is 11.8. The molecule has 25 heavy (non-hydrogen) atoms. The van der Waals surface area contributed by atoms with E-state index in [0.717, 1.165) is 18.2 Å². The Morgan fingerprint density at radius 2 is 0.960 bits per heavy atom. The van der Waals surface area contributed by atoms with Gasteiger partial charge in [0.25, 0.3) is 0 Å². The van der Waals surface area contributed by atoms with Crippen molar-refractivity contribution < 1.29 is 42.5 Å². The molecule has 0 aromatic rings. The van der Waals surface area contributed by atoms with Gasteiger partial charge in [-0.05, 0) is 12.8 Å². The van der Waals surface area contributed by atoms with Gasteiger partial charge in [-0.1, -0.05) is 109 Å². The van der Waals surface area contributed by atoms with Crippen LogP contribution in [0.2, 0.25) is 0 Å². The predicted molar refractivity (Wildman–Crippen MR) is 103 cm³/mol. The zero-order valence-corrected chi connectivity index (χ0v) is 19.6.